The molecule has 27 heavy (non-hydrogen) atoms. The second-order valence-corrected chi connectivity index (χ2v) is 7.86. The number of hydrogen-bond donors (Lipinski definition) is 1. The average molecular weight is 394 g/mol. The van der Waals surface area contributed by atoms with E-state index in [1.165, 1.54) is 11.3 Å². The zero-order chi connectivity index (χ0) is 18.8. The molecular formula is C20H14N2O3S2. The Hall–Kier alpha value is -3.03. The maximum Gasteiger partial charge on any atom is 0.349 e. The van der Waals surface area contributed by atoms with Gasteiger partial charge in [0.05, 0.1) is 15.1 Å². The summed E-state index contributed by atoms with van der Waals surface area (Å²) in [5, 5.41) is 0.842. The first-order valence-electron chi connectivity index (χ1n) is 8.13. The summed E-state index contributed by atoms with van der Waals surface area (Å²) in [6, 6.07) is 20.1. The van der Waals surface area contributed by atoms with Crippen molar-refractivity contribution < 1.29 is 14.3 Å². The number of aromatic nitrogens is 1. The molecule has 0 bridgehead atoms. The second kappa shape index (κ2) is 7.30. The van der Waals surface area contributed by atoms with E-state index >= 15 is 0 Å². The normalized spacial score (nSPS) is 12.0. The summed E-state index contributed by atoms with van der Waals surface area (Å²) in [4.78, 5) is 30.1. The third-order valence-corrected chi connectivity index (χ3v) is 6.17. The van der Waals surface area contributed by atoms with Crippen LogP contribution >= 0.6 is 22.7 Å². The summed E-state index contributed by atoms with van der Waals surface area (Å²) in [5.74, 6) is -1.29. The topological polar surface area (TPSA) is 82.3 Å². The standard InChI is InChI=1S/C20H14N2O3S2/c21-18(23)17(12-6-2-1-3-7-12)25-20(24)16-11-10-15(26-16)19-22-13-8-4-5-9-14(13)27-19/h1-11,17H,(H2,21,23)/t17-/m1/s1. The maximum absolute atomic E-state index is 12.5. The minimum atomic E-state index is -1.12. The second-order valence-electron chi connectivity index (χ2n) is 5.75. The molecule has 0 spiro atoms. The van der Waals surface area contributed by atoms with E-state index < -0.39 is 18.0 Å². The van der Waals surface area contributed by atoms with Crippen LogP contribution in [0.4, 0.5) is 0 Å². The van der Waals surface area contributed by atoms with Crippen LogP contribution < -0.4 is 5.73 Å². The number of carbonyl (C=O) groups excluding carboxylic acids is 2. The number of thiophene rings is 1. The zero-order valence-electron chi connectivity index (χ0n) is 14.0. The van der Waals surface area contributed by atoms with Gasteiger partial charge in [-0.3, -0.25) is 4.79 Å². The molecular weight excluding hydrogens is 380 g/mol. The van der Waals surface area contributed by atoms with Gasteiger partial charge in [0.2, 0.25) is 6.10 Å². The van der Waals surface area contributed by atoms with Crippen LogP contribution in [0.1, 0.15) is 21.3 Å². The highest BCUT2D eigenvalue weighted by Crippen LogP contribution is 2.35. The van der Waals surface area contributed by atoms with E-state index in [-0.39, 0.29) is 0 Å². The van der Waals surface area contributed by atoms with Gasteiger partial charge in [0.25, 0.3) is 5.91 Å². The van der Waals surface area contributed by atoms with Crippen LogP contribution in [0.25, 0.3) is 20.1 Å². The Kier molecular flexibility index (Phi) is 4.70. The van der Waals surface area contributed by atoms with Gasteiger partial charge in [-0.1, -0.05) is 42.5 Å². The fourth-order valence-electron chi connectivity index (χ4n) is 2.62. The number of rotatable bonds is 5. The molecule has 7 heteroatoms. The Morgan fingerprint density at radius 1 is 0.926 bits per heavy atom. The Morgan fingerprint density at radius 2 is 1.67 bits per heavy atom. The van der Waals surface area contributed by atoms with Gasteiger partial charge in [0, 0.05) is 5.56 Å². The molecule has 2 aromatic carbocycles. The molecule has 1 amide bonds. The number of para-hydroxylation sites is 1. The number of carbonyl (C=O) groups is 2. The molecule has 4 rings (SSSR count). The smallest absolute Gasteiger partial charge is 0.349 e. The lowest BCUT2D eigenvalue weighted by atomic mass is 10.1. The first kappa shape index (κ1) is 17.4. The SMILES string of the molecule is NC(=O)[C@H](OC(=O)c1ccc(-c2nc3ccccc3s2)s1)c1ccccc1. The number of nitrogens with zero attached hydrogens (tertiary/aromatic N) is 1. The molecule has 0 aliphatic rings. The predicted molar refractivity (Wildman–Crippen MR) is 107 cm³/mol. The lowest BCUT2D eigenvalue weighted by molar-refractivity contribution is -0.127. The first-order chi connectivity index (χ1) is 13.1. The highest BCUT2D eigenvalue weighted by Gasteiger charge is 2.24. The van der Waals surface area contributed by atoms with Crippen molar-refractivity contribution in [3.8, 4) is 9.88 Å². The lowest BCUT2D eigenvalue weighted by Crippen LogP contribution is -2.26. The van der Waals surface area contributed by atoms with Crippen LogP contribution in [0.15, 0.2) is 66.7 Å². The van der Waals surface area contributed by atoms with Crippen molar-refractivity contribution in [1.29, 1.82) is 0 Å². The van der Waals surface area contributed by atoms with Crippen LogP contribution in [-0.4, -0.2) is 16.9 Å². The van der Waals surface area contributed by atoms with Gasteiger partial charge in [-0.2, -0.15) is 0 Å². The molecule has 2 aromatic heterocycles. The quantitative estimate of drug-likeness (QED) is 0.508. The number of nitrogens with two attached hydrogens (primary N) is 1. The summed E-state index contributed by atoms with van der Waals surface area (Å²) in [6.07, 6.45) is -1.12. The van der Waals surface area contributed by atoms with Gasteiger partial charge in [0.15, 0.2) is 0 Å². The third kappa shape index (κ3) is 3.60. The summed E-state index contributed by atoms with van der Waals surface area (Å²) in [6.45, 7) is 0. The Balaban J connectivity index is 1.57. The average Bonchev–Trinajstić information content (AvgIpc) is 3.33. The van der Waals surface area contributed by atoms with E-state index in [2.05, 4.69) is 4.98 Å². The van der Waals surface area contributed by atoms with Gasteiger partial charge in [-0.25, -0.2) is 9.78 Å². The van der Waals surface area contributed by atoms with Crippen molar-refractivity contribution in [1.82, 2.24) is 4.98 Å². The van der Waals surface area contributed by atoms with Gasteiger partial charge in [-0.15, -0.1) is 22.7 Å². The molecule has 0 aliphatic carbocycles. The van der Waals surface area contributed by atoms with Crippen LogP contribution in [-0.2, 0) is 9.53 Å². The van der Waals surface area contributed by atoms with E-state index in [9.17, 15) is 9.59 Å². The summed E-state index contributed by atoms with van der Waals surface area (Å²) in [7, 11) is 0. The number of primary amides is 1. The first-order valence-corrected chi connectivity index (χ1v) is 9.76. The summed E-state index contributed by atoms with van der Waals surface area (Å²) >= 11 is 2.84. The number of esters is 1. The third-order valence-electron chi connectivity index (χ3n) is 3.90. The molecule has 134 valence electrons. The highest BCUT2D eigenvalue weighted by molar-refractivity contribution is 7.26. The van der Waals surface area contributed by atoms with Crippen LogP contribution in [0.3, 0.4) is 0 Å². The number of fused-ring (bicyclic) bond motifs is 1. The number of thiazole rings is 1. The van der Waals surface area contributed by atoms with E-state index in [0.717, 1.165) is 20.1 Å². The van der Waals surface area contributed by atoms with Crippen LogP contribution in [0, 0.1) is 0 Å². The lowest BCUT2D eigenvalue weighted by Gasteiger charge is -2.14. The minimum absolute atomic E-state index is 0.395. The molecule has 0 radical (unpaired) electrons. The van der Waals surface area contributed by atoms with Crippen molar-refractivity contribution in [3.05, 3.63) is 77.2 Å². The van der Waals surface area contributed by atoms with Crippen molar-refractivity contribution in [2.75, 3.05) is 0 Å². The van der Waals surface area contributed by atoms with E-state index in [4.69, 9.17) is 10.5 Å². The van der Waals surface area contributed by atoms with Gasteiger partial charge < -0.3 is 10.5 Å². The predicted octanol–water partition coefficient (Wildman–Crippen LogP) is 4.41. The van der Waals surface area contributed by atoms with E-state index in [1.807, 2.05) is 36.4 Å². The fraction of sp³-hybridized carbons (Fsp3) is 0.0500. The molecule has 2 N–H and O–H groups in total. The number of amides is 1. The molecule has 5 nitrogen and oxygen atoms in total. The monoisotopic (exact) mass is 394 g/mol. The van der Waals surface area contributed by atoms with Gasteiger partial charge >= 0.3 is 5.97 Å². The zero-order valence-corrected chi connectivity index (χ0v) is 15.6. The molecule has 0 unspecified atom stereocenters. The molecule has 0 saturated heterocycles. The van der Waals surface area contributed by atoms with Crippen LogP contribution in [0.2, 0.25) is 0 Å². The van der Waals surface area contributed by atoms with Gasteiger partial charge in [0.1, 0.15) is 9.88 Å². The van der Waals surface area contributed by atoms with Crippen LogP contribution in [0.5, 0.6) is 0 Å². The summed E-state index contributed by atoms with van der Waals surface area (Å²) < 4.78 is 6.46. The number of ether oxygens (including phenoxy) is 1. The highest BCUT2D eigenvalue weighted by atomic mass is 32.1. The van der Waals surface area contributed by atoms with Crippen molar-refractivity contribution >= 4 is 44.8 Å². The molecule has 2 heterocycles. The maximum atomic E-state index is 12.5. The molecule has 0 aliphatic heterocycles. The van der Waals surface area contributed by atoms with Crippen molar-refractivity contribution in [2.24, 2.45) is 5.73 Å². The molecule has 0 fully saturated rings. The Bertz CT molecular complexity index is 1090. The van der Waals surface area contributed by atoms with E-state index in [1.54, 1.807) is 41.7 Å². The number of hydrogen-bond acceptors (Lipinski definition) is 6. The molecule has 4 aromatic rings. The van der Waals surface area contributed by atoms with Gasteiger partial charge in [-0.05, 0) is 24.3 Å². The Labute approximate surface area is 163 Å². The summed E-state index contributed by atoms with van der Waals surface area (Å²) in [5.41, 5.74) is 6.88. The largest absolute Gasteiger partial charge is 0.443 e. The number of benzene rings is 2. The fourth-order valence-corrected chi connectivity index (χ4v) is 4.53. The van der Waals surface area contributed by atoms with Crippen molar-refractivity contribution in [3.63, 3.8) is 0 Å². The molecule has 1 atom stereocenters. The van der Waals surface area contributed by atoms with Crippen molar-refractivity contribution in [2.45, 2.75) is 6.10 Å². The van der Waals surface area contributed by atoms with E-state index in [0.29, 0.717) is 10.4 Å². The minimum Gasteiger partial charge on any atom is -0.443 e. The molecule has 0 saturated carbocycles. The Morgan fingerprint density at radius 3 is 2.41 bits per heavy atom.